The number of pyridine rings is 1. The lowest BCUT2D eigenvalue weighted by Crippen LogP contribution is -2.14. The third-order valence-electron chi connectivity index (χ3n) is 2.34. The molecule has 0 spiro atoms. The van der Waals surface area contributed by atoms with Gasteiger partial charge in [-0.25, -0.2) is 0 Å². The van der Waals surface area contributed by atoms with Crippen LogP contribution in [0.5, 0.6) is 0 Å². The molecule has 5 heteroatoms. The summed E-state index contributed by atoms with van der Waals surface area (Å²) < 4.78 is 37.9. The average molecular weight is 282 g/mol. The minimum atomic E-state index is -4.31. The topological polar surface area (TPSA) is 12.9 Å². The summed E-state index contributed by atoms with van der Waals surface area (Å²) in [4.78, 5) is 3.72. The molecule has 1 aromatic rings. The van der Waals surface area contributed by atoms with Crippen LogP contribution in [0.3, 0.4) is 0 Å². The molecule has 2 atom stereocenters. The maximum absolute atomic E-state index is 12.6. The first-order chi connectivity index (χ1) is 6.84. The van der Waals surface area contributed by atoms with Crippen molar-refractivity contribution < 1.29 is 13.2 Å². The van der Waals surface area contributed by atoms with E-state index in [1.165, 1.54) is 6.20 Å². The molecule has 0 N–H and O–H groups in total. The molecule has 0 saturated carbocycles. The van der Waals surface area contributed by atoms with E-state index in [0.717, 1.165) is 12.3 Å². The lowest BCUT2D eigenvalue weighted by atomic mass is 9.95. The van der Waals surface area contributed by atoms with E-state index in [1.807, 2.05) is 6.92 Å². The number of rotatable bonds is 2. The van der Waals surface area contributed by atoms with Crippen LogP contribution in [-0.4, -0.2) is 9.81 Å². The van der Waals surface area contributed by atoms with Gasteiger partial charge in [-0.15, -0.1) is 0 Å². The number of hydrogen-bond donors (Lipinski definition) is 0. The lowest BCUT2D eigenvalue weighted by molar-refractivity contribution is -0.138. The lowest BCUT2D eigenvalue weighted by Gasteiger charge is -2.19. The van der Waals surface area contributed by atoms with Gasteiger partial charge in [0.25, 0.3) is 0 Å². The van der Waals surface area contributed by atoms with E-state index in [2.05, 4.69) is 20.9 Å². The fourth-order valence-electron chi connectivity index (χ4n) is 1.28. The van der Waals surface area contributed by atoms with Crippen LogP contribution in [-0.2, 0) is 6.18 Å². The van der Waals surface area contributed by atoms with Crippen LogP contribution in [0.25, 0.3) is 0 Å². The third kappa shape index (κ3) is 2.93. The predicted molar refractivity (Wildman–Crippen MR) is 56.0 cm³/mol. The summed E-state index contributed by atoms with van der Waals surface area (Å²) in [5.41, 5.74) is -0.370. The van der Waals surface area contributed by atoms with Gasteiger partial charge in [0.1, 0.15) is 0 Å². The minimum absolute atomic E-state index is 0.0252. The molecule has 0 radical (unpaired) electrons. The molecular formula is C10H11BrF3N. The van der Waals surface area contributed by atoms with Crippen LogP contribution in [0.1, 0.15) is 30.9 Å². The molecule has 0 fully saturated rings. The van der Waals surface area contributed by atoms with Gasteiger partial charge in [0, 0.05) is 17.2 Å². The fourth-order valence-corrected chi connectivity index (χ4v) is 1.56. The van der Waals surface area contributed by atoms with Crippen LogP contribution in [0.15, 0.2) is 18.5 Å². The highest BCUT2D eigenvalue weighted by Gasteiger charge is 2.34. The zero-order chi connectivity index (χ0) is 11.6. The normalized spacial score (nSPS) is 16.1. The molecule has 1 heterocycles. The Kier molecular flexibility index (Phi) is 3.76. The second-order valence-electron chi connectivity index (χ2n) is 3.43. The van der Waals surface area contributed by atoms with Crippen molar-refractivity contribution in [2.45, 2.75) is 30.8 Å². The molecule has 0 aromatic carbocycles. The van der Waals surface area contributed by atoms with E-state index in [9.17, 15) is 13.2 Å². The third-order valence-corrected chi connectivity index (χ3v) is 3.13. The van der Waals surface area contributed by atoms with Crippen molar-refractivity contribution in [3.8, 4) is 0 Å². The molecule has 15 heavy (non-hydrogen) atoms. The van der Waals surface area contributed by atoms with Crippen LogP contribution < -0.4 is 0 Å². The van der Waals surface area contributed by atoms with Gasteiger partial charge >= 0.3 is 6.18 Å². The maximum atomic E-state index is 12.6. The van der Waals surface area contributed by atoms with Crippen LogP contribution in [0.2, 0.25) is 0 Å². The molecular weight excluding hydrogens is 271 g/mol. The second-order valence-corrected chi connectivity index (χ2v) is 4.87. The smallest absolute Gasteiger partial charge is 0.264 e. The van der Waals surface area contributed by atoms with Crippen molar-refractivity contribution in [3.63, 3.8) is 0 Å². The number of alkyl halides is 4. The minimum Gasteiger partial charge on any atom is -0.264 e. The summed E-state index contributed by atoms with van der Waals surface area (Å²) in [6, 6.07) is 1.02. The van der Waals surface area contributed by atoms with Crippen molar-refractivity contribution >= 4 is 15.9 Å². The van der Waals surface area contributed by atoms with Crippen LogP contribution >= 0.6 is 15.9 Å². The average Bonchev–Trinajstić information content (AvgIpc) is 2.15. The monoisotopic (exact) mass is 281 g/mol. The molecule has 0 aliphatic heterocycles. The van der Waals surface area contributed by atoms with Gasteiger partial charge in [0.2, 0.25) is 0 Å². The van der Waals surface area contributed by atoms with Crippen molar-refractivity contribution in [2.24, 2.45) is 0 Å². The Morgan fingerprint density at radius 2 is 1.93 bits per heavy atom. The molecule has 1 rings (SSSR count). The first kappa shape index (κ1) is 12.5. The van der Waals surface area contributed by atoms with Gasteiger partial charge in [0.15, 0.2) is 0 Å². The van der Waals surface area contributed by atoms with E-state index in [0.29, 0.717) is 0 Å². The molecule has 0 amide bonds. The molecule has 1 nitrogen and oxygen atoms in total. The summed E-state index contributed by atoms with van der Waals surface area (Å²) in [6.45, 7) is 3.56. The Morgan fingerprint density at radius 3 is 2.40 bits per heavy atom. The van der Waals surface area contributed by atoms with Crippen molar-refractivity contribution in [2.75, 3.05) is 0 Å². The van der Waals surface area contributed by atoms with Crippen molar-refractivity contribution in [1.29, 1.82) is 0 Å². The van der Waals surface area contributed by atoms with Gasteiger partial charge in [0.05, 0.1) is 5.56 Å². The van der Waals surface area contributed by atoms with Gasteiger partial charge in [-0.05, 0) is 17.5 Å². The predicted octanol–water partition coefficient (Wildman–Crippen LogP) is 3.99. The molecule has 0 saturated heterocycles. The fraction of sp³-hybridized carbons (Fsp3) is 0.500. The number of halogens is 4. The van der Waals surface area contributed by atoms with Crippen LogP contribution in [0, 0.1) is 0 Å². The summed E-state index contributed by atoms with van der Waals surface area (Å²) in [5.74, 6) is -0.227. The largest absolute Gasteiger partial charge is 0.416 e. The number of aromatic nitrogens is 1. The van der Waals surface area contributed by atoms with Crippen molar-refractivity contribution in [1.82, 2.24) is 4.98 Å². The number of hydrogen-bond acceptors (Lipinski definition) is 1. The number of nitrogens with zero attached hydrogens (tertiary/aromatic N) is 1. The molecule has 2 unspecified atom stereocenters. The Bertz CT molecular complexity index is 336. The summed E-state index contributed by atoms with van der Waals surface area (Å²) in [5, 5.41) is 0. The molecule has 1 aromatic heterocycles. The summed E-state index contributed by atoms with van der Waals surface area (Å²) in [6.07, 6.45) is -1.86. The Balaban J connectivity index is 3.18. The Hall–Kier alpha value is -0.580. The van der Waals surface area contributed by atoms with E-state index in [-0.39, 0.29) is 16.3 Å². The Morgan fingerprint density at radius 1 is 1.33 bits per heavy atom. The maximum Gasteiger partial charge on any atom is 0.416 e. The first-order valence-electron chi connectivity index (χ1n) is 4.49. The van der Waals surface area contributed by atoms with Gasteiger partial charge < -0.3 is 0 Å². The van der Waals surface area contributed by atoms with Gasteiger partial charge in [-0.1, -0.05) is 29.8 Å². The van der Waals surface area contributed by atoms with Crippen LogP contribution in [0.4, 0.5) is 13.2 Å². The zero-order valence-corrected chi connectivity index (χ0v) is 9.93. The summed E-state index contributed by atoms with van der Waals surface area (Å²) in [7, 11) is 0. The van der Waals surface area contributed by atoms with Gasteiger partial charge in [-0.2, -0.15) is 13.2 Å². The van der Waals surface area contributed by atoms with Gasteiger partial charge in [-0.3, -0.25) is 4.98 Å². The molecule has 0 aliphatic rings. The SMILES string of the molecule is CC(Br)C(C)c1cnccc1C(F)(F)F. The van der Waals surface area contributed by atoms with E-state index >= 15 is 0 Å². The molecule has 84 valence electrons. The van der Waals surface area contributed by atoms with E-state index in [1.54, 1.807) is 6.92 Å². The van der Waals surface area contributed by atoms with E-state index < -0.39 is 11.7 Å². The highest BCUT2D eigenvalue weighted by Crippen LogP contribution is 2.36. The first-order valence-corrected chi connectivity index (χ1v) is 5.40. The quantitative estimate of drug-likeness (QED) is 0.747. The van der Waals surface area contributed by atoms with Crippen molar-refractivity contribution in [3.05, 3.63) is 29.6 Å². The van der Waals surface area contributed by atoms with E-state index in [4.69, 9.17) is 0 Å². The Labute approximate surface area is 94.8 Å². The molecule has 0 aliphatic carbocycles. The standard InChI is InChI=1S/C10H11BrF3N/c1-6(7(2)11)8-5-15-4-3-9(8)10(12,13)14/h3-7H,1-2H3. The highest BCUT2D eigenvalue weighted by atomic mass is 79.9. The highest BCUT2D eigenvalue weighted by molar-refractivity contribution is 9.09. The zero-order valence-electron chi connectivity index (χ0n) is 8.35. The summed E-state index contributed by atoms with van der Waals surface area (Å²) >= 11 is 3.28. The second kappa shape index (κ2) is 4.51. The molecule has 0 bridgehead atoms.